The number of benzene rings is 1. The highest BCUT2D eigenvalue weighted by Crippen LogP contribution is 2.22. The molecule has 2 N–H and O–H groups in total. The zero-order chi connectivity index (χ0) is 15.9. The van der Waals surface area contributed by atoms with Crippen molar-refractivity contribution >= 4 is 11.6 Å². The number of aromatic nitrogens is 2. The van der Waals surface area contributed by atoms with Gasteiger partial charge in [-0.3, -0.25) is 0 Å². The molecule has 1 fully saturated rings. The number of nitrogens with one attached hydrogen (secondary N) is 2. The van der Waals surface area contributed by atoms with Crippen molar-refractivity contribution in [3.8, 4) is 5.75 Å². The van der Waals surface area contributed by atoms with E-state index in [1.165, 1.54) is 32.1 Å². The first-order valence-electron chi connectivity index (χ1n) is 8.29. The van der Waals surface area contributed by atoms with E-state index in [1.807, 2.05) is 30.3 Å². The lowest BCUT2D eigenvalue weighted by Crippen LogP contribution is -2.22. The standard InChI is InChI=1S/C18H24N4O/c1-23-16-10-6-5-7-14(16)12-19-17-11-18(21-13-20-17)22-15-8-3-2-4-9-15/h5-7,10-11,13,15H,2-4,8-9,12H2,1H3,(H2,19,20,21,22). The summed E-state index contributed by atoms with van der Waals surface area (Å²) in [6.45, 7) is 0.671. The van der Waals surface area contributed by atoms with Crippen LogP contribution < -0.4 is 15.4 Å². The molecule has 0 amide bonds. The Morgan fingerprint density at radius 1 is 1.09 bits per heavy atom. The summed E-state index contributed by atoms with van der Waals surface area (Å²) in [6.07, 6.45) is 8.04. The third-order valence-corrected chi connectivity index (χ3v) is 4.28. The van der Waals surface area contributed by atoms with Crippen molar-refractivity contribution in [2.75, 3.05) is 17.7 Å². The van der Waals surface area contributed by atoms with Gasteiger partial charge in [0.25, 0.3) is 0 Å². The summed E-state index contributed by atoms with van der Waals surface area (Å²) in [5.74, 6) is 2.60. The van der Waals surface area contributed by atoms with Gasteiger partial charge in [0.05, 0.1) is 7.11 Å². The minimum absolute atomic E-state index is 0.542. The van der Waals surface area contributed by atoms with Gasteiger partial charge in [0.15, 0.2) is 0 Å². The fourth-order valence-corrected chi connectivity index (χ4v) is 3.02. The Balaban J connectivity index is 1.61. The lowest BCUT2D eigenvalue weighted by molar-refractivity contribution is 0.410. The number of nitrogens with zero attached hydrogens (tertiary/aromatic N) is 2. The molecule has 5 heteroatoms. The maximum absolute atomic E-state index is 5.37. The van der Waals surface area contributed by atoms with Gasteiger partial charge in [0.1, 0.15) is 23.7 Å². The number of hydrogen-bond acceptors (Lipinski definition) is 5. The summed E-state index contributed by atoms with van der Waals surface area (Å²) in [5, 5.41) is 6.87. The van der Waals surface area contributed by atoms with Gasteiger partial charge in [0, 0.05) is 24.2 Å². The Kier molecular flexibility index (Phi) is 5.29. The molecule has 1 saturated carbocycles. The van der Waals surface area contributed by atoms with Crippen LogP contribution in [0.2, 0.25) is 0 Å². The van der Waals surface area contributed by atoms with Crippen LogP contribution in [-0.2, 0) is 6.54 Å². The van der Waals surface area contributed by atoms with E-state index < -0.39 is 0 Å². The van der Waals surface area contributed by atoms with Gasteiger partial charge >= 0.3 is 0 Å². The van der Waals surface area contributed by atoms with Crippen molar-refractivity contribution in [2.45, 2.75) is 44.7 Å². The van der Waals surface area contributed by atoms with E-state index >= 15 is 0 Å². The second kappa shape index (κ2) is 7.81. The van der Waals surface area contributed by atoms with E-state index in [2.05, 4.69) is 20.6 Å². The van der Waals surface area contributed by atoms with Crippen molar-refractivity contribution in [3.63, 3.8) is 0 Å². The highest BCUT2D eigenvalue weighted by Gasteiger charge is 2.13. The van der Waals surface area contributed by atoms with E-state index in [9.17, 15) is 0 Å². The van der Waals surface area contributed by atoms with Crippen LogP contribution in [0.4, 0.5) is 11.6 Å². The molecule has 1 aliphatic rings. The van der Waals surface area contributed by atoms with Crippen LogP contribution in [0.15, 0.2) is 36.7 Å². The highest BCUT2D eigenvalue weighted by atomic mass is 16.5. The van der Waals surface area contributed by atoms with Gasteiger partial charge in [-0.2, -0.15) is 0 Å². The molecule has 0 atom stereocenters. The normalized spacial score (nSPS) is 15.2. The maximum Gasteiger partial charge on any atom is 0.131 e. The molecule has 1 aromatic carbocycles. The molecule has 0 aliphatic heterocycles. The zero-order valence-electron chi connectivity index (χ0n) is 13.6. The SMILES string of the molecule is COc1ccccc1CNc1cc(NC2CCCCC2)ncn1. The van der Waals surface area contributed by atoms with Crippen molar-refractivity contribution in [1.29, 1.82) is 0 Å². The van der Waals surface area contributed by atoms with Crippen LogP contribution in [0.25, 0.3) is 0 Å². The second-order valence-electron chi connectivity index (χ2n) is 5.93. The molecule has 0 bridgehead atoms. The van der Waals surface area contributed by atoms with Crippen molar-refractivity contribution in [3.05, 3.63) is 42.2 Å². The topological polar surface area (TPSA) is 59.1 Å². The predicted octanol–water partition coefficient (Wildman–Crippen LogP) is 3.84. The second-order valence-corrected chi connectivity index (χ2v) is 5.93. The van der Waals surface area contributed by atoms with E-state index in [0.29, 0.717) is 12.6 Å². The minimum Gasteiger partial charge on any atom is -0.496 e. The Morgan fingerprint density at radius 3 is 2.70 bits per heavy atom. The summed E-state index contributed by atoms with van der Waals surface area (Å²) < 4.78 is 5.37. The Bertz CT molecular complexity index is 626. The first-order chi connectivity index (χ1) is 11.3. The Morgan fingerprint density at radius 2 is 1.87 bits per heavy atom. The molecule has 23 heavy (non-hydrogen) atoms. The first kappa shape index (κ1) is 15.6. The van der Waals surface area contributed by atoms with Gasteiger partial charge in [-0.15, -0.1) is 0 Å². The number of hydrogen-bond donors (Lipinski definition) is 2. The lowest BCUT2D eigenvalue weighted by Gasteiger charge is -2.23. The molecule has 1 aromatic heterocycles. The van der Waals surface area contributed by atoms with Gasteiger partial charge in [-0.25, -0.2) is 9.97 Å². The molecule has 122 valence electrons. The first-order valence-corrected chi connectivity index (χ1v) is 8.29. The van der Waals surface area contributed by atoms with Crippen LogP contribution in [0, 0.1) is 0 Å². The summed E-state index contributed by atoms with van der Waals surface area (Å²) in [6, 6.07) is 10.5. The number of para-hydroxylation sites is 1. The Labute approximate surface area is 137 Å². The fraction of sp³-hybridized carbons (Fsp3) is 0.444. The van der Waals surface area contributed by atoms with Crippen LogP contribution in [0.5, 0.6) is 5.75 Å². The smallest absolute Gasteiger partial charge is 0.131 e. The van der Waals surface area contributed by atoms with Crippen molar-refractivity contribution in [1.82, 2.24) is 9.97 Å². The van der Waals surface area contributed by atoms with E-state index in [-0.39, 0.29) is 0 Å². The van der Waals surface area contributed by atoms with Crippen LogP contribution in [-0.4, -0.2) is 23.1 Å². The molecule has 5 nitrogen and oxygen atoms in total. The average Bonchev–Trinajstić information content (AvgIpc) is 2.61. The molecule has 0 unspecified atom stereocenters. The van der Waals surface area contributed by atoms with Gasteiger partial charge in [-0.05, 0) is 18.9 Å². The third kappa shape index (κ3) is 4.34. The molecule has 1 aliphatic carbocycles. The lowest BCUT2D eigenvalue weighted by atomic mass is 9.95. The number of anilines is 2. The van der Waals surface area contributed by atoms with E-state index in [0.717, 1.165) is 22.9 Å². The summed E-state index contributed by atoms with van der Waals surface area (Å²) in [7, 11) is 1.69. The van der Waals surface area contributed by atoms with Crippen LogP contribution in [0.1, 0.15) is 37.7 Å². The molecule has 0 saturated heterocycles. The van der Waals surface area contributed by atoms with Gasteiger partial charge in [0.2, 0.25) is 0 Å². The zero-order valence-corrected chi connectivity index (χ0v) is 13.6. The molecule has 0 radical (unpaired) electrons. The maximum atomic E-state index is 5.37. The quantitative estimate of drug-likeness (QED) is 0.848. The Hall–Kier alpha value is -2.30. The molecule has 1 heterocycles. The summed E-state index contributed by atoms with van der Waals surface area (Å²) in [5.41, 5.74) is 1.11. The average molecular weight is 312 g/mol. The predicted molar refractivity (Wildman–Crippen MR) is 92.8 cm³/mol. The number of rotatable bonds is 6. The van der Waals surface area contributed by atoms with Gasteiger partial charge < -0.3 is 15.4 Å². The largest absolute Gasteiger partial charge is 0.496 e. The van der Waals surface area contributed by atoms with Crippen molar-refractivity contribution < 1.29 is 4.74 Å². The fourth-order valence-electron chi connectivity index (χ4n) is 3.02. The number of ether oxygens (including phenoxy) is 1. The molecule has 2 aromatic rings. The minimum atomic E-state index is 0.542. The monoisotopic (exact) mass is 312 g/mol. The van der Waals surface area contributed by atoms with Crippen LogP contribution in [0.3, 0.4) is 0 Å². The van der Waals surface area contributed by atoms with E-state index in [4.69, 9.17) is 4.74 Å². The number of methoxy groups -OCH3 is 1. The molecule has 3 rings (SSSR count). The third-order valence-electron chi connectivity index (χ3n) is 4.28. The summed E-state index contributed by atoms with van der Waals surface area (Å²) in [4.78, 5) is 8.64. The van der Waals surface area contributed by atoms with Crippen molar-refractivity contribution in [2.24, 2.45) is 0 Å². The van der Waals surface area contributed by atoms with E-state index in [1.54, 1.807) is 13.4 Å². The van der Waals surface area contributed by atoms with Gasteiger partial charge in [-0.1, -0.05) is 37.5 Å². The molecule has 0 spiro atoms. The summed E-state index contributed by atoms with van der Waals surface area (Å²) >= 11 is 0. The highest BCUT2D eigenvalue weighted by molar-refractivity contribution is 5.48. The van der Waals surface area contributed by atoms with Crippen LogP contribution >= 0.6 is 0 Å². The molecular formula is C18H24N4O. The molecular weight excluding hydrogens is 288 g/mol.